The van der Waals surface area contributed by atoms with Gasteiger partial charge in [-0.2, -0.15) is 0 Å². The van der Waals surface area contributed by atoms with Gasteiger partial charge < -0.3 is 15.2 Å². The summed E-state index contributed by atoms with van der Waals surface area (Å²) in [5.41, 5.74) is 7.56. The molecule has 6 nitrogen and oxygen atoms in total. The second-order valence-corrected chi connectivity index (χ2v) is 9.19. The summed E-state index contributed by atoms with van der Waals surface area (Å²) in [5, 5.41) is 0.639. The highest BCUT2D eigenvalue weighted by atomic mass is 32.2. The summed E-state index contributed by atoms with van der Waals surface area (Å²) in [7, 11) is 0. The first-order valence-electron chi connectivity index (χ1n) is 10.7. The standard InChI is InChI=1S/C22H32N4O2S/c1-3-4-5-8-14-26-19-12-7-6-11-18(19)24-22(26)29-16(2)21(28)25-13-9-10-17(15-25)20(23)27/h6-7,11-12,16-17H,3-5,8-10,13-15H2,1-2H3,(H2,23,27). The molecule has 1 aliphatic heterocycles. The molecule has 2 heterocycles. The van der Waals surface area contributed by atoms with Gasteiger partial charge in [0.1, 0.15) is 0 Å². The number of likely N-dealkylation sites (tertiary alicyclic amines) is 1. The molecule has 29 heavy (non-hydrogen) atoms. The van der Waals surface area contributed by atoms with E-state index in [1.54, 1.807) is 4.90 Å². The largest absolute Gasteiger partial charge is 0.369 e. The highest BCUT2D eigenvalue weighted by Crippen LogP contribution is 2.29. The van der Waals surface area contributed by atoms with Crippen LogP contribution in [0.3, 0.4) is 0 Å². The fourth-order valence-corrected chi connectivity index (χ4v) is 4.97. The van der Waals surface area contributed by atoms with Crippen molar-refractivity contribution in [3.63, 3.8) is 0 Å². The molecule has 0 saturated carbocycles. The Morgan fingerprint density at radius 2 is 2.07 bits per heavy atom. The van der Waals surface area contributed by atoms with Crippen molar-refractivity contribution in [1.29, 1.82) is 0 Å². The Bertz CT molecular complexity index is 850. The van der Waals surface area contributed by atoms with E-state index in [1.807, 2.05) is 25.1 Å². The third-order valence-corrected chi connectivity index (χ3v) is 6.70. The van der Waals surface area contributed by atoms with Crippen molar-refractivity contribution in [2.24, 2.45) is 11.7 Å². The molecule has 2 unspecified atom stereocenters. The van der Waals surface area contributed by atoms with Crippen LogP contribution in [0.5, 0.6) is 0 Å². The summed E-state index contributed by atoms with van der Waals surface area (Å²) in [4.78, 5) is 31.2. The smallest absolute Gasteiger partial charge is 0.235 e. The number of para-hydroxylation sites is 2. The van der Waals surface area contributed by atoms with E-state index >= 15 is 0 Å². The second-order valence-electron chi connectivity index (χ2n) is 7.88. The van der Waals surface area contributed by atoms with Crippen LogP contribution in [0.15, 0.2) is 29.4 Å². The molecular formula is C22H32N4O2S. The van der Waals surface area contributed by atoms with Gasteiger partial charge in [-0.1, -0.05) is 50.1 Å². The number of imidazole rings is 1. The monoisotopic (exact) mass is 416 g/mol. The summed E-state index contributed by atoms with van der Waals surface area (Å²) in [6, 6.07) is 8.15. The van der Waals surface area contributed by atoms with Crippen LogP contribution in [0.1, 0.15) is 52.4 Å². The van der Waals surface area contributed by atoms with Gasteiger partial charge in [0.15, 0.2) is 5.16 Å². The maximum atomic E-state index is 13.0. The summed E-state index contributed by atoms with van der Waals surface area (Å²) in [6.45, 7) is 6.19. The third kappa shape index (κ3) is 5.32. The zero-order chi connectivity index (χ0) is 20.8. The maximum absolute atomic E-state index is 13.0. The Balaban J connectivity index is 1.72. The van der Waals surface area contributed by atoms with E-state index in [0.29, 0.717) is 13.1 Å². The minimum Gasteiger partial charge on any atom is -0.369 e. The first-order valence-corrected chi connectivity index (χ1v) is 11.6. The molecule has 3 rings (SSSR count). The lowest BCUT2D eigenvalue weighted by Gasteiger charge is -2.32. The lowest BCUT2D eigenvalue weighted by Crippen LogP contribution is -2.46. The van der Waals surface area contributed by atoms with Crippen LogP contribution in [-0.2, 0) is 16.1 Å². The first kappa shape index (κ1) is 21.7. The average molecular weight is 417 g/mol. The first-order chi connectivity index (χ1) is 14.0. The highest BCUT2D eigenvalue weighted by molar-refractivity contribution is 8.00. The molecule has 1 aliphatic rings. The number of unbranched alkanes of at least 4 members (excludes halogenated alkanes) is 3. The number of fused-ring (bicyclic) bond motifs is 1. The maximum Gasteiger partial charge on any atom is 0.235 e. The topological polar surface area (TPSA) is 81.2 Å². The van der Waals surface area contributed by atoms with Crippen LogP contribution in [0, 0.1) is 5.92 Å². The lowest BCUT2D eigenvalue weighted by atomic mass is 9.97. The van der Waals surface area contributed by atoms with Crippen LogP contribution in [0.25, 0.3) is 11.0 Å². The van der Waals surface area contributed by atoms with Gasteiger partial charge in [-0.3, -0.25) is 9.59 Å². The molecule has 1 aromatic heterocycles. The van der Waals surface area contributed by atoms with Crippen LogP contribution < -0.4 is 5.73 Å². The lowest BCUT2D eigenvalue weighted by molar-refractivity contribution is -0.134. The van der Waals surface area contributed by atoms with E-state index in [9.17, 15) is 9.59 Å². The van der Waals surface area contributed by atoms with Gasteiger partial charge >= 0.3 is 0 Å². The van der Waals surface area contributed by atoms with Crippen molar-refractivity contribution in [3.8, 4) is 0 Å². The molecule has 0 aliphatic carbocycles. The van der Waals surface area contributed by atoms with Crippen molar-refractivity contribution < 1.29 is 9.59 Å². The Morgan fingerprint density at radius 3 is 2.83 bits per heavy atom. The van der Waals surface area contributed by atoms with Crippen LogP contribution in [0.2, 0.25) is 0 Å². The number of rotatable bonds is 9. The fraction of sp³-hybridized carbons (Fsp3) is 0.591. The number of benzene rings is 1. The minimum atomic E-state index is -0.309. The summed E-state index contributed by atoms with van der Waals surface area (Å²) in [5.74, 6) is -0.477. The SMILES string of the molecule is CCCCCCn1c(SC(C)C(=O)N2CCCC(C(N)=O)C2)nc2ccccc21. The number of nitrogens with two attached hydrogens (primary N) is 1. The average Bonchev–Trinajstić information content (AvgIpc) is 3.07. The summed E-state index contributed by atoms with van der Waals surface area (Å²) < 4.78 is 2.25. The Labute approximate surface area is 177 Å². The number of aryl methyl sites for hydroxylation is 1. The van der Waals surface area contributed by atoms with E-state index in [4.69, 9.17) is 10.7 Å². The predicted molar refractivity (Wildman–Crippen MR) is 118 cm³/mol. The highest BCUT2D eigenvalue weighted by Gasteiger charge is 2.30. The predicted octanol–water partition coefficient (Wildman–Crippen LogP) is 3.82. The van der Waals surface area contributed by atoms with Crippen molar-refractivity contribution in [2.45, 2.75) is 69.3 Å². The second kappa shape index (κ2) is 10.1. The zero-order valence-electron chi connectivity index (χ0n) is 17.5. The minimum absolute atomic E-state index is 0.0607. The van der Waals surface area contributed by atoms with Gasteiger partial charge in [0.05, 0.1) is 22.2 Å². The zero-order valence-corrected chi connectivity index (χ0v) is 18.3. The number of piperidine rings is 1. The molecule has 158 valence electrons. The van der Waals surface area contributed by atoms with Crippen LogP contribution >= 0.6 is 11.8 Å². The molecule has 7 heteroatoms. The molecule has 2 atom stereocenters. The van der Waals surface area contributed by atoms with Crippen molar-refractivity contribution in [3.05, 3.63) is 24.3 Å². The van der Waals surface area contributed by atoms with E-state index in [0.717, 1.165) is 42.0 Å². The molecule has 0 spiro atoms. The Hall–Kier alpha value is -2.02. The number of hydrogen-bond donors (Lipinski definition) is 1. The number of primary amides is 1. The fourth-order valence-electron chi connectivity index (χ4n) is 3.93. The number of aromatic nitrogens is 2. The van der Waals surface area contributed by atoms with E-state index < -0.39 is 0 Å². The summed E-state index contributed by atoms with van der Waals surface area (Å²) >= 11 is 1.52. The quantitative estimate of drug-likeness (QED) is 0.498. The molecule has 2 amide bonds. The van der Waals surface area contributed by atoms with Crippen molar-refractivity contribution in [2.75, 3.05) is 13.1 Å². The number of nitrogens with zero attached hydrogens (tertiary/aromatic N) is 3. The number of carbonyl (C=O) groups is 2. The third-order valence-electron chi connectivity index (χ3n) is 5.62. The number of hydrogen-bond acceptors (Lipinski definition) is 4. The van der Waals surface area contributed by atoms with Gasteiger partial charge in [0, 0.05) is 19.6 Å². The van der Waals surface area contributed by atoms with E-state index in [1.165, 1.54) is 31.0 Å². The number of amides is 2. The molecule has 1 fully saturated rings. The number of carbonyl (C=O) groups excluding carboxylic acids is 2. The van der Waals surface area contributed by atoms with Crippen LogP contribution in [-0.4, -0.2) is 44.6 Å². The molecule has 0 radical (unpaired) electrons. The van der Waals surface area contributed by atoms with Crippen LogP contribution in [0.4, 0.5) is 0 Å². The van der Waals surface area contributed by atoms with Gasteiger partial charge in [-0.05, 0) is 38.3 Å². The van der Waals surface area contributed by atoms with Gasteiger partial charge in [0.25, 0.3) is 0 Å². The van der Waals surface area contributed by atoms with E-state index in [2.05, 4.69) is 17.6 Å². The van der Waals surface area contributed by atoms with Gasteiger partial charge in [-0.25, -0.2) is 4.98 Å². The molecule has 1 aromatic carbocycles. The molecule has 2 N–H and O–H groups in total. The van der Waals surface area contributed by atoms with Crippen molar-refractivity contribution >= 4 is 34.6 Å². The van der Waals surface area contributed by atoms with Gasteiger partial charge in [0.2, 0.25) is 11.8 Å². The normalized spacial score (nSPS) is 18.1. The number of thioether (sulfide) groups is 1. The molecule has 1 saturated heterocycles. The Kier molecular flexibility index (Phi) is 7.58. The molecular weight excluding hydrogens is 384 g/mol. The molecule has 0 bridgehead atoms. The molecule has 2 aromatic rings. The van der Waals surface area contributed by atoms with Gasteiger partial charge in [-0.15, -0.1) is 0 Å². The Morgan fingerprint density at radius 1 is 1.28 bits per heavy atom. The van der Waals surface area contributed by atoms with Crippen molar-refractivity contribution in [1.82, 2.24) is 14.5 Å². The van der Waals surface area contributed by atoms with E-state index in [-0.39, 0.29) is 23.0 Å². The summed E-state index contributed by atoms with van der Waals surface area (Å²) in [6.07, 6.45) is 6.35.